The summed E-state index contributed by atoms with van der Waals surface area (Å²) in [6, 6.07) is 16.8. The van der Waals surface area contributed by atoms with Crippen molar-refractivity contribution in [2.45, 2.75) is 26.2 Å². The van der Waals surface area contributed by atoms with Crippen LogP contribution in [0.1, 0.15) is 35.2 Å². The molecule has 6 heteroatoms. The number of aromatic amines is 1. The van der Waals surface area contributed by atoms with Crippen LogP contribution in [0.4, 0.5) is 11.5 Å². The molecule has 1 aromatic heterocycles. The van der Waals surface area contributed by atoms with Crippen molar-refractivity contribution in [3.05, 3.63) is 76.1 Å². The fraction of sp³-hybridized carbons (Fsp3) is 0.261. The number of piperidine rings is 1. The van der Waals surface area contributed by atoms with Crippen LogP contribution in [0.25, 0.3) is 11.4 Å². The molecule has 0 spiro atoms. The van der Waals surface area contributed by atoms with Crippen LogP contribution in [-0.4, -0.2) is 29.0 Å². The summed E-state index contributed by atoms with van der Waals surface area (Å²) in [4.78, 5) is 35.4. The molecule has 1 saturated heterocycles. The Hall–Kier alpha value is -3.41. The molecule has 0 atom stereocenters. The zero-order valence-corrected chi connectivity index (χ0v) is 16.4. The van der Waals surface area contributed by atoms with Gasteiger partial charge in [-0.15, -0.1) is 0 Å². The molecule has 0 radical (unpaired) electrons. The van der Waals surface area contributed by atoms with Crippen molar-refractivity contribution in [1.82, 2.24) is 9.97 Å². The molecular weight excluding hydrogens is 364 g/mol. The molecule has 0 saturated carbocycles. The van der Waals surface area contributed by atoms with Gasteiger partial charge >= 0.3 is 0 Å². The molecule has 0 bridgehead atoms. The van der Waals surface area contributed by atoms with Crippen LogP contribution in [0, 0.1) is 6.92 Å². The molecule has 2 aromatic carbocycles. The normalized spacial score (nSPS) is 13.9. The summed E-state index contributed by atoms with van der Waals surface area (Å²) in [6.45, 7) is 3.60. The fourth-order valence-electron chi connectivity index (χ4n) is 3.53. The Morgan fingerprint density at radius 3 is 2.38 bits per heavy atom. The zero-order valence-electron chi connectivity index (χ0n) is 16.4. The smallest absolute Gasteiger partial charge is 0.277 e. The molecule has 1 aliphatic heterocycles. The Labute approximate surface area is 169 Å². The largest absolute Gasteiger partial charge is 0.355 e. The number of carbonyl (C=O) groups excluding carboxylic acids is 1. The molecule has 1 fully saturated rings. The minimum absolute atomic E-state index is 0.206. The van der Waals surface area contributed by atoms with Crippen LogP contribution in [0.3, 0.4) is 0 Å². The van der Waals surface area contributed by atoms with E-state index in [0.717, 1.165) is 43.5 Å². The minimum Gasteiger partial charge on any atom is -0.355 e. The van der Waals surface area contributed by atoms with Crippen molar-refractivity contribution in [2.24, 2.45) is 0 Å². The van der Waals surface area contributed by atoms with Crippen molar-refractivity contribution in [3.8, 4) is 11.4 Å². The summed E-state index contributed by atoms with van der Waals surface area (Å²) < 4.78 is 0. The van der Waals surface area contributed by atoms with Crippen LogP contribution >= 0.6 is 0 Å². The van der Waals surface area contributed by atoms with Crippen molar-refractivity contribution in [3.63, 3.8) is 0 Å². The van der Waals surface area contributed by atoms with Gasteiger partial charge < -0.3 is 15.2 Å². The van der Waals surface area contributed by atoms with E-state index >= 15 is 0 Å². The van der Waals surface area contributed by atoms with Gasteiger partial charge in [0, 0.05) is 24.2 Å². The third kappa shape index (κ3) is 4.21. The fourth-order valence-corrected chi connectivity index (χ4v) is 3.53. The standard InChI is InChI=1S/C23H24N4O2/c1-16-10-12-18(13-11-16)22(28)24-19-21(27-14-6-3-7-15-27)25-20(26-23(19)29)17-8-4-2-5-9-17/h2,4-5,8-13H,3,6-7,14-15H2,1H3,(H,24,28)(H,25,26,29). The van der Waals surface area contributed by atoms with E-state index in [9.17, 15) is 9.59 Å². The highest BCUT2D eigenvalue weighted by atomic mass is 16.2. The quantitative estimate of drug-likeness (QED) is 0.708. The lowest BCUT2D eigenvalue weighted by Crippen LogP contribution is -2.34. The van der Waals surface area contributed by atoms with E-state index in [0.29, 0.717) is 17.2 Å². The van der Waals surface area contributed by atoms with Gasteiger partial charge in [-0.05, 0) is 38.3 Å². The number of nitrogens with one attached hydrogen (secondary N) is 2. The summed E-state index contributed by atoms with van der Waals surface area (Å²) in [5.74, 6) is 0.722. The average Bonchev–Trinajstić information content (AvgIpc) is 2.76. The number of benzene rings is 2. The van der Waals surface area contributed by atoms with Gasteiger partial charge in [0.25, 0.3) is 11.5 Å². The number of H-pyrrole nitrogens is 1. The molecule has 2 heterocycles. The van der Waals surface area contributed by atoms with E-state index in [2.05, 4.69) is 15.2 Å². The minimum atomic E-state index is -0.347. The van der Waals surface area contributed by atoms with Crippen molar-refractivity contribution >= 4 is 17.4 Å². The first-order valence-electron chi connectivity index (χ1n) is 9.94. The molecule has 0 aliphatic carbocycles. The molecule has 2 N–H and O–H groups in total. The monoisotopic (exact) mass is 388 g/mol. The Balaban J connectivity index is 1.74. The second-order valence-electron chi connectivity index (χ2n) is 7.35. The maximum atomic E-state index is 13.0. The first-order valence-corrected chi connectivity index (χ1v) is 9.94. The lowest BCUT2D eigenvalue weighted by molar-refractivity contribution is 0.102. The summed E-state index contributed by atoms with van der Waals surface area (Å²) >= 11 is 0. The van der Waals surface area contributed by atoms with E-state index < -0.39 is 0 Å². The lowest BCUT2D eigenvalue weighted by atomic mass is 10.1. The predicted octanol–water partition coefficient (Wildman–Crippen LogP) is 3.99. The topological polar surface area (TPSA) is 78.1 Å². The first-order chi connectivity index (χ1) is 14.1. The van der Waals surface area contributed by atoms with E-state index in [1.807, 2.05) is 49.4 Å². The first kappa shape index (κ1) is 18.9. The molecule has 0 unspecified atom stereocenters. The average molecular weight is 388 g/mol. The van der Waals surface area contributed by atoms with Crippen molar-refractivity contribution < 1.29 is 4.79 Å². The Morgan fingerprint density at radius 2 is 1.69 bits per heavy atom. The van der Waals surface area contributed by atoms with Gasteiger partial charge in [-0.25, -0.2) is 4.98 Å². The number of hydrogen-bond acceptors (Lipinski definition) is 4. The van der Waals surface area contributed by atoms with Crippen molar-refractivity contribution in [2.75, 3.05) is 23.3 Å². The molecule has 1 aliphatic rings. The highest BCUT2D eigenvalue weighted by molar-refractivity contribution is 6.05. The van der Waals surface area contributed by atoms with Gasteiger partial charge in [0.2, 0.25) is 0 Å². The van der Waals surface area contributed by atoms with Gasteiger partial charge in [-0.3, -0.25) is 9.59 Å². The summed E-state index contributed by atoms with van der Waals surface area (Å²) in [5.41, 5.74) is 2.27. The number of hydrogen-bond donors (Lipinski definition) is 2. The van der Waals surface area contributed by atoms with Crippen LogP contribution in [0.15, 0.2) is 59.4 Å². The van der Waals surface area contributed by atoms with E-state index in [1.54, 1.807) is 12.1 Å². The van der Waals surface area contributed by atoms with Gasteiger partial charge in [-0.1, -0.05) is 48.0 Å². The van der Waals surface area contributed by atoms with Crippen LogP contribution in [0.2, 0.25) is 0 Å². The molecule has 6 nitrogen and oxygen atoms in total. The van der Waals surface area contributed by atoms with Crippen LogP contribution < -0.4 is 15.8 Å². The molecule has 148 valence electrons. The molecule has 1 amide bonds. The molecule has 29 heavy (non-hydrogen) atoms. The van der Waals surface area contributed by atoms with Crippen molar-refractivity contribution in [1.29, 1.82) is 0 Å². The second kappa shape index (κ2) is 8.31. The third-order valence-corrected chi connectivity index (χ3v) is 5.16. The number of rotatable bonds is 4. The van der Waals surface area contributed by atoms with Gasteiger partial charge in [0.15, 0.2) is 11.5 Å². The number of anilines is 2. The number of nitrogens with zero attached hydrogens (tertiary/aromatic N) is 2. The van der Waals surface area contributed by atoms with E-state index in [4.69, 9.17) is 4.98 Å². The van der Waals surface area contributed by atoms with E-state index in [1.165, 1.54) is 0 Å². The maximum absolute atomic E-state index is 13.0. The van der Waals surface area contributed by atoms with Crippen LogP contribution in [-0.2, 0) is 0 Å². The highest BCUT2D eigenvalue weighted by Crippen LogP contribution is 2.26. The van der Waals surface area contributed by atoms with Gasteiger partial charge in [-0.2, -0.15) is 0 Å². The summed E-state index contributed by atoms with van der Waals surface area (Å²) in [6.07, 6.45) is 3.25. The zero-order chi connectivity index (χ0) is 20.2. The SMILES string of the molecule is Cc1ccc(C(=O)Nc2c(N3CCCCC3)nc(-c3ccccc3)[nH]c2=O)cc1. The Bertz CT molecular complexity index is 1050. The molecule has 4 rings (SSSR count). The molecular formula is C23H24N4O2. The second-order valence-corrected chi connectivity index (χ2v) is 7.35. The maximum Gasteiger partial charge on any atom is 0.277 e. The predicted molar refractivity (Wildman–Crippen MR) is 115 cm³/mol. The lowest BCUT2D eigenvalue weighted by Gasteiger charge is -2.29. The number of aromatic nitrogens is 2. The summed E-state index contributed by atoms with van der Waals surface area (Å²) in [5, 5.41) is 2.80. The number of aryl methyl sites for hydroxylation is 1. The Morgan fingerprint density at radius 1 is 1.00 bits per heavy atom. The Kier molecular flexibility index (Phi) is 5.42. The van der Waals surface area contributed by atoms with Gasteiger partial charge in [0.05, 0.1) is 0 Å². The highest BCUT2D eigenvalue weighted by Gasteiger charge is 2.22. The number of amides is 1. The summed E-state index contributed by atoms with van der Waals surface area (Å²) in [7, 11) is 0. The van der Waals surface area contributed by atoms with Crippen LogP contribution in [0.5, 0.6) is 0 Å². The van der Waals surface area contributed by atoms with E-state index in [-0.39, 0.29) is 17.2 Å². The third-order valence-electron chi connectivity index (χ3n) is 5.16. The number of carbonyl (C=O) groups is 1. The molecule has 3 aromatic rings. The van der Waals surface area contributed by atoms with Gasteiger partial charge in [0.1, 0.15) is 5.82 Å².